The lowest BCUT2D eigenvalue weighted by atomic mass is 9.86. The summed E-state index contributed by atoms with van der Waals surface area (Å²) in [7, 11) is 4.12. The Hall–Kier alpha value is -1.39. The van der Waals surface area contributed by atoms with Crippen LogP contribution in [0.25, 0.3) is 11.0 Å². The molecule has 0 amide bonds. The molecule has 1 aromatic heterocycles. The van der Waals surface area contributed by atoms with Gasteiger partial charge in [-0.1, -0.05) is 12.1 Å². The van der Waals surface area contributed by atoms with Crippen LogP contribution in [0.5, 0.6) is 0 Å². The minimum Gasteiger partial charge on any atom is -0.374 e. The van der Waals surface area contributed by atoms with Crippen LogP contribution in [-0.4, -0.2) is 34.8 Å². The maximum atomic E-state index is 6.11. The zero-order valence-electron chi connectivity index (χ0n) is 13.2. The Labute approximate surface area is 126 Å². The van der Waals surface area contributed by atoms with Crippen LogP contribution in [0.4, 0.5) is 0 Å². The number of fused-ring (bicyclic) bond motifs is 1. The number of para-hydroxylation sites is 2. The van der Waals surface area contributed by atoms with Crippen molar-refractivity contribution in [3.05, 3.63) is 30.1 Å². The molecule has 114 valence electrons. The van der Waals surface area contributed by atoms with Gasteiger partial charge in [0.05, 0.1) is 16.6 Å². The summed E-state index contributed by atoms with van der Waals surface area (Å²) in [4.78, 5) is 4.79. The number of rotatable bonds is 4. The predicted molar refractivity (Wildman–Crippen MR) is 85.5 cm³/mol. The number of likely N-dealkylation sites (N-methyl/N-ethyl adjacent to an activating group) is 1. The molecule has 2 heterocycles. The Morgan fingerprint density at radius 3 is 2.86 bits per heavy atom. The third-order valence-corrected chi connectivity index (χ3v) is 4.85. The molecule has 1 saturated heterocycles. The third kappa shape index (κ3) is 2.70. The second-order valence-corrected chi connectivity index (χ2v) is 6.24. The molecule has 1 aromatic carbocycles. The van der Waals surface area contributed by atoms with E-state index in [0.29, 0.717) is 0 Å². The van der Waals surface area contributed by atoms with E-state index in [1.165, 1.54) is 18.4 Å². The molecular formula is C17H25N3O. The highest BCUT2D eigenvalue weighted by Crippen LogP contribution is 2.29. The first-order valence-corrected chi connectivity index (χ1v) is 7.85. The summed E-state index contributed by atoms with van der Waals surface area (Å²) < 4.78 is 8.31. The molecule has 0 spiro atoms. The van der Waals surface area contributed by atoms with Crippen LogP contribution in [0.3, 0.4) is 0 Å². The van der Waals surface area contributed by atoms with Crippen LogP contribution in [-0.2, 0) is 18.2 Å². The summed E-state index contributed by atoms with van der Waals surface area (Å²) in [6, 6.07) is 8.59. The highest BCUT2D eigenvalue weighted by Gasteiger charge is 2.36. The summed E-state index contributed by atoms with van der Waals surface area (Å²) in [6.45, 7) is 3.10. The van der Waals surface area contributed by atoms with Gasteiger partial charge < -0.3 is 14.6 Å². The number of hydrogen-bond acceptors (Lipinski definition) is 3. The summed E-state index contributed by atoms with van der Waals surface area (Å²) >= 11 is 0. The molecule has 0 saturated carbocycles. The minimum atomic E-state index is -0.0921. The van der Waals surface area contributed by atoms with E-state index >= 15 is 0 Å². The number of nitrogens with zero attached hydrogens (tertiary/aromatic N) is 2. The van der Waals surface area contributed by atoms with Crippen molar-refractivity contribution in [2.45, 2.75) is 44.2 Å². The molecule has 1 N–H and O–H groups in total. The van der Waals surface area contributed by atoms with Crippen molar-refractivity contribution < 1.29 is 4.74 Å². The lowest BCUT2D eigenvalue weighted by molar-refractivity contribution is -0.0874. The largest absolute Gasteiger partial charge is 0.374 e. The highest BCUT2D eigenvalue weighted by atomic mass is 16.5. The van der Waals surface area contributed by atoms with Gasteiger partial charge in [0.25, 0.3) is 0 Å². The number of hydrogen-bond donors (Lipinski definition) is 1. The summed E-state index contributed by atoms with van der Waals surface area (Å²) in [6.07, 6.45) is 4.43. The van der Waals surface area contributed by atoms with Crippen molar-refractivity contribution >= 4 is 11.0 Å². The van der Waals surface area contributed by atoms with E-state index < -0.39 is 0 Å². The molecule has 0 aliphatic carbocycles. The molecule has 2 unspecified atom stereocenters. The van der Waals surface area contributed by atoms with E-state index in [1.54, 1.807) is 0 Å². The van der Waals surface area contributed by atoms with Crippen molar-refractivity contribution in [2.24, 2.45) is 7.05 Å². The topological polar surface area (TPSA) is 39.1 Å². The zero-order valence-corrected chi connectivity index (χ0v) is 13.2. The summed E-state index contributed by atoms with van der Waals surface area (Å²) in [5.41, 5.74) is 2.17. The van der Waals surface area contributed by atoms with Gasteiger partial charge in [-0.05, 0) is 45.4 Å². The van der Waals surface area contributed by atoms with E-state index in [9.17, 15) is 0 Å². The second-order valence-electron chi connectivity index (χ2n) is 6.24. The maximum absolute atomic E-state index is 6.11. The van der Waals surface area contributed by atoms with Crippen molar-refractivity contribution in [3.63, 3.8) is 0 Å². The number of aryl methyl sites for hydroxylation is 1. The van der Waals surface area contributed by atoms with Crippen LogP contribution in [0.2, 0.25) is 0 Å². The Morgan fingerprint density at radius 1 is 1.38 bits per heavy atom. The molecule has 1 aliphatic heterocycles. The average Bonchev–Trinajstić information content (AvgIpc) is 2.82. The van der Waals surface area contributed by atoms with Crippen LogP contribution >= 0.6 is 0 Å². The first-order valence-electron chi connectivity index (χ1n) is 7.85. The smallest absolute Gasteiger partial charge is 0.111 e. The zero-order chi connectivity index (χ0) is 14.9. The van der Waals surface area contributed by atoms with Gasteiger partial charge in [-0.15, -0.1) is 0 Å². The number of aromatic nitrogens is 2. The van der Waals surface area contributed by atoms with Crippen molar-refractivity contribution in [2.75, 3.05) is 13.7 Å². The quantitative estimate of drug-likeness (QED) is 0.939. The normalized spacial score (nSPS) is 24.3. The Morgan fingerprint density at radius 2 is 2.19 bits per heavy atom. The van der Waals surface area contributed by atoms with Gasteiger partial charge in [0.15, 0.2) is 0 Å². The Balaban J connectivity index is 1.87. The van der Waals surface area contributed by atoms with Crippen molar-refractivity contribution in [3.8, 4) is 0 Å². The fourth-order valence-corrected chi connectivity index (χ4v) is 3.41. The molecular weight excluding hydrogens is 262 g/mol. The van der Waals surface area contributed by atoms with E-state index in [4.69, 9.17) is 9.72 Å². The molecule has 1 aliphatic rings. The monoisotopic (exact) mass is 287 g/mol. The van der Waals surface area contributed by atoms with Crippen LogP contribution in [0, 0.1) is 0 Å². The number of imidazole rings is 1. The van der Waals surface area contributed by atoms with Crippen LogP contribution in [0.15, 0.2) is 24.3 Å². The van der Waals surface area contributed by atoms with E-state index in [1.807, 2.05) is 13.1 Å². The Kier molecular flexibility index (Phi) is 4.00. The summed E-state index contributed by atoms with van der Waals surface area (Å²) in [5, 5.41) is 3.45. The molecule has 2 aromatic rings. The fraction of sp³-hybridized carbons (Fsp3) is 0.588. The second kappa shape index (κ2) is 5.78. The number of benzene rings is 1. The standard InChI is InChI=1S/C17H25N3O/c1-17(10-6-7-11-21-17)15(18-2)12-16-19-13-8-4-5-9-14(13)20(16)3/h4-5,8-9,15,18H,6-7,10-12H2,1-3H3. The third-order valence-electron chi connectivity index (χ3n) is 4.85. The lowest BCUT2D eigenvalue weighted by Crippen LogP contribution is -2.52. The molecule has 4 nitrogen and oxygen atoms in total. The summed E-state index contributed by atoms with van der Waals surface area (Å²) in [5.74, 6) is 1.12. The van der Waals surface area contributed by atoms with Crippen LogP contribution in [0.1, 0.15) is 32.0 Å². The van der Waals surface area contributed by atoms with E-state index in [0.717, 1.165) is 30.8 Å². The van der Waals surface area contributed by atoms with Gasteiger partial charge in [-0.3, -0.25) is 0 Å². The molecule has 1 fully saturated rings. The fourth-order valence-electron chi connectivity index (χ4n) is 3.41. The maximum Gasteiger partial charge on any atom is 0.111 e. The molecule has 0 bridgehead atoms. The highest BCUT2D eigenvalue weighted by molar-refractivity contribution is 5.75. The van der Waals surface area contributed by atoms with Crippen LogP contribution < -0.4 is 5.32 Å². The van der Waals surface area contributed by atoms with Crippen molar-refractivity contribution in [1.29, 1.82) is 0 Å². The van der Waals surface area contributed by atoms with Crippen molar-refractivity contribution in [1.82, 2.24) is 14.9 Å². The van der Waals surface area contributed by atoms with Gasteiger partial charge in [0, 0.05) is 26.1 Å². The molecule has 3 rings (SSSR count). The van der Waals surface area contributed by atoms with Gasteiger partial charge in [0.1, 0.15) is 5.82 Å². The first-order chi connectivity index (χ1) is 10.1. The predicted octanol–water partition coefficient (Wildman–Crippen LogP) is 2.66. The molecule has 2 atom stereocenters. The lowest BCUT2D eigenvalue weighted by Gasteiger charge is -2.40. The van der Waals surface area contributed by atoms with Gasteiger partial charge in [0.2, 0.25) is 0 Å². The van der Waals surface area contributed by atoms with Gasteiger partial charge >= 0.3 is 0 Å². The Bertz CT molecular complexity index is 614. The first kappa shape index (κ1) is 14.5. The number of ether oxygens (including phenoxy) is 1. The van der Waals surface area contributed by atoms with Gasteiger partial charge in [-0.2, -0.15) is 0 Å². The number of nitrogens with one attached hydrogen (secondary N) is 1. The minimum absolute atomic E-state index is 0.0921. The SMILES string of the molecule is CNC(Cc1nc2ccccc2n1C)C1(C)CCCCO1. The average molecular weight is 287 g/mol. The molecule has 0 radical (unpaired) electrons. The molecule has 4 heteroatoms. The molecule has 21 heavy (non-hydrogen) atoms. The van der Waals surface area contributed by atoms with Gasteiger partial charge in [-0.25, -0.2) is 4.98 Å². The van der Waals surface area contributed by atoms with E-state index in [2.05, 4.69) is 42.1 Å². The van der Waals surface area contributed by atoms with E-state index in [-0.39, 0.29) is 11.6 Å².